The molecule has 20 heavy (non-hydrogen) atoms. The minimum Gasteiger partial charge on any atom is -0.376 e. The zero-order valence-electron chi connectivity index (χ0n) is 12.2. The monoisotopic (exact) mass is 318 g/mol. The molecule has 0 bridgehead atoms. The van der Waals surface area contributed by atoms with Crippen LogP contribution in [0.2, 0.25) is 0 Å². The maximum atomic E-state index is 12.7. The lowest BCUT2D eigenvalue weighted by Gasteiger charge is -2.30. The van der Waals surface area contributed by atoms with E-state index in [1.807, 2.05) is 20.8 Å². The SMILES string of the molecule is CCNCc1cc(S(=O)(=O)N2CCOC(C)C2)c(C)s1. The molecule has 0 spiro atoms. The van der Waals surface area contributed by atoms with Crippen LogP contribution in [0.3, 0.4) is 0 Å². The van der Waals surface area contributed by atoms with Crippen molar-refractivity contribution < 1.29 is 13.2 Å². The molecule has 1 aromatic rings. The van der Waals surface area contributed by atoms with Crippen molar-refractivity contribution in [3.8, 4) is 0 Å². The predicted molar refractivity (Wildman–Crippen MR) is 80.6 cm³/mol. The number of nitrogens with one attached hydrogen (secondary N) is 1. The summed E-state index contributed by atoms with van der Waals surface area (Å²) in [4.78, 5) is 2.37. The molecule has 0 aromatic carbocycles. The van der Waals surface area contributed by atoms with Gasteiger partial charge in [-0.15, -0.1) is 11.3 Å². The molecule has 1 unspecified atom stereocenters. The van der Waals surface area contributed by atoms with E-state index >= 15 is 0 Å². The highest BCUT2D eigenvalue weighted by Crippen LogP contribution is 2.29. The molecule has 1 fully saturated rings. The van der Waals surface area contributed by atoms with Crippen molar-refractivity contribution in [2.24, 2.45) is 0 Å². The molecule has 0 aliphatic carbocycles. The number of nitrogens with zero attached hydrogens (tertiary/aromatic N) is 1. The van der Waals surface area contributed by atoms with Crippen molar-refractivity contribution in [2.75, 3.05) is 26.2 Å². The van der Waals surface area contributed by atoms with E-state index in [-0.39, 0.29) is 6.10 Å². The molecule has 0 saturated carbocycles. The van der Waals surface area contributed by atoms with E-state index in [1.54, 1.807) is 17.4 Å². The zero-order chi connectivity index (χ0) is 14.8. The summed E-state index contributed by atoms with van der Waals surface area (Å²) in [6.45, 7) is 8.73. The molecule has 1 N–H and O–H groups in total. The van der Waals surface area contributed by atoms with Crippen molar-refractivity contribution in [3.05, 3.63) is 15.8 Å². The second-order valence-corrected chi connectivity index (χ2v) is 8.21. The minimum absolute atomic E-state index is 0.0429. The van der Waals surface area contributed by atoms with Crippen molar-refractivity contribution in [2.45, 2.75) is 38.3 Å². The number of rotatable bonds is 5. The van der Waals surface area contributed by atoms with Gasteiger partial charge < -0.3 is 10.1 Å². The molecule has 0 amide bonds. The molecule has 1 aliphatic heterocycles. The summed E-state index contributed by atoms with van der Waals surface area (Å²) in [5.74, 6) is 0. The van der Waals surface area contributed by atoms with Gasteiger partial charge in [0, 0.05) is 29.4 Å². The van der Waals surface area contributed by atoms with Crippen LogP contribution < -0.4 is 5.32 Å². The molecule has 0 radical (unpaired) electrons. The average Bonchev–Trinajstić information content (AvgIpc) is 2.78. The lowest BCUT2D eigenvalue weighted by Crippen LogP contribution is -2.44. The Morgan fingerprint density at radius 1 is 1.55 bits per heavy atom. The Morgan fingerprint density at radius 3 is 2.95 bits per heavy atom. The maximum Gasteiger partial charge on any atom is 0.244 e. The van der Waals surface area contributed by atoms with Gasteiger partial charge in [-0.25, -0.2) is 8.42 Å². The summed E-state index contributed by atoms with van der Waals surface area (Å²) in [7, 11) is -3.39. The van der Waals surface area contributed by atoms with Gasteiger partial charge in [-0.05, 0) is 26.5 Å². The molecule has 2 heterocycles. The topological polar surface area (TPSA) is 58.6 Å². The van der Waals surface area contributed by atoms with Gasteiger partial charge in [-0.1, -0.05) is 6.92 Å². The molecule has 1 atom stereocenters. The number of hydrogen-bond acceptors (Lipinski definition) is 5. The maximum absolute atomic E-state index is 12.7. The van der Waals surface area contributed by atoms with Crippen LogP contribution in [0.25, 0.3) is 0 Å². The molecule has 5 nitrogen and oxygen atoms in total. The van der Waals surface area contributed by atoms with E-state index in [0.717, 1.165) is 22.8 Å². The molecule has 1 aliphatic rings. The van der Waals surface area contributed by atoms with Gasteiger partial charge >= 0.3 is 0 Å². The summed E-state index contributed by atoms with van der Waals surface area (Å²) in [6.07, 6.45) is -0.0429. The third-order valence-electron chi connectivity index (χ3n) is 3.29. The molecule has 114 valence electrons. The first kappa shape index (κ1) is 15.9. The number of hydrogen-bond donors (Lipinski definition) is 1. The normalized spacial score (nSPS) is 21.2. The quantitative estimate of drug-likeness (QED) is 0.895. The fourth-order valence-corrected chi connectivity index (χ4v) is 5.33. The fourth-order valence-electron chi connectivity index (χ4n) is 2.26. The summed E-state index contributed by atoms with van der Waals surface area (Å²) >= 11 is 1.55. The summed E-state index contributed by atoms with van der Waals surface area (Å²) in [5, 5.41) is 3.23. The van der Waals surface area contributed by atoms with Gasteiger partial charge in [-0.3, -0.25) is 0 Å². The highest BCUT2D eigenvalue weighted by atomic mass is 32.2. The molecule has 1 saturated heterocycles. The van der Waals surface area contributed by atoms with Crippen LogP contribution in [0.5, 0.6) is 0 Å². The van der Waals surface area contributed by atoms with Crippen LogP contribution in [0.4, 0.5) is 0 Å². The van der Waals surface area contributed by atoms with Crippen LogP contribution in [0.1, 0.15) is 23.6 Å². The second kappa shape index (κ2) is 6.53. The zero-order valence-corrected chi connectivity index (χ0v) is 13.8. The number of morpholine rings is 1. The highest BCUT2D eigenvalue weighted by molar-refractivity contribution is 7.89. The second-order valence-electron chi connectivity index (χ2n) is 4.96. The number of ether oxygens (including phenoxy) is 1. The first-order valence-corrected chi connectivity index (χ1v) is 9.12. The lowest BCUT2D eigenvalue weighted by molar-refractivity contribution is 0.0102. The Labute approximate surface area is 125 Å². The summed E-state index contributed by atoms with van der Waals surface area (Å²) < 4.78 is 32.3. The fraction of sp³-hybridized carbons (Fsp3) is 0.692. The van der Waals surface area contributed by atoms with Crippen LogP contribution in [0.15, 0.2) is 11.0 Å². The van der Waals surface area contributed by atoms with Gasteiger partial charge in [0.25, 0.3) is 0 Å². The van der Waals surface area contributed by atoms with Gasteiger partial charge in [0.2, 0.25) is 10.0 Å². The summed E-state index contributed by atoms with van der Waals surface area (Å²) in [5.41, 5.74) is 0. The lowest BCUT2D eigenvalue weighted by atomic mass is 10.3. The summed E-state index contributed by atoms with van der Waals surface area (Å²) in [6, 6.07) is 1.80. The Kier molecular flexibility index (Phi) is 5.19. The average molecular weight is 318 g/mol. The van der Waals surface area contributed by atoms with Crippen molar-refractivity contribution in [3.63, 3.8) is 0 Å². The van der Waals surface area contributed by atoms with E-state index in [9.17, 15) is 8.42 Å². The molecule has 2 rings (SSSR count). The number of sulfonamides is 1. The Morgan fingerprint density at radius 2 is 2.30 bits per heavy atom. The van der Waals surface area contributed by atoms with Crippen LogP contribution in [-0.2, 0) is 21.3 Å². The molecule has 1 aromatic heterocycles. The van der Waals surface area contributed by atoms with Gasteiger partial charge in [0.05, 0.1) is 17.6 Å². The van der Waals surface area contributed by atoms with E-state index in [1.165, 1.54) is 4.31 Å². The Hall–Kier alpha value is -0.470. The number of aryl methyl sites for hydroxylation is 1. The van der Waals surface area contributed by atoms with Crippen LogP contribution in [-0.4, -0.2) is 45.1 Å². The van der Waals surface area contributed by atoms with Gasteiger partial charge in [0.1, 0.15) is 0 Å². The predicted octanol–water partition coefficient (Wildman–Crippen LogP) is 1.58. The minimum atomic E-state index is -3.39. The molecular formula is C13H22N2O3S2. The standard InChI is InChI=1S/C13H22N2O3S2/c1-4-14-8-12-7-13(11(3)19-12)20(16,17)15-5-6-18-10(2)9-15/h7,10,14H,4-6,8-9H2,1-3H3. The molecular weight excluding hydrogens is 296 g/mol. The van der Waals surface area contributed by atoms with Crippen LogP contribution >= 0.6 is 11.3 Å². The van der Waals surface area contributed by atoms with Crippen molar-refractivity contribution in [1.82, 2.24) is 9.62 Å². The van der Waals surface area contributed by atoms with E-state index < -0.39 is 10.0 Å². The smallest absolute Gasteiger partial charge is 0.244 e. The van der Waals surface area contributed by atoms with Crippen molar-refractivity contribution >= 4 is 21.4 Å². The van der Waals surface area contributed by atoms with Crippen LogP contribution in [0, 0.1) is 6.92 Å². The molecule has 7 heteroatoms. The first-order chi connectivity index (χ1) is 9.45. The largest absolute Gasteiger partial charge is 0.376 e. The third-order valence-corrected chi connectivity index (χ3v) is 6.47. The Bertz CT molecular complexity index is 554. The van der Waals surface area contributed by atoms with Crippen molar-refractivity contribution in [1.29, 1.82) is 0 Å². The van der Waals surface area contributed by atoms with E-state index in [0.29, 0.717) is 24.6 Å². The number of thiophene rings is 1. The van der Waals surface area contributed by atoms with E-state index in [2.05, 4.69) is 5.32 Å². The first-order valence-electron chi connectivity index (χ1n) is 6.87. The Balaban J connectivity index is 2.22. The van der Waals surface area contributed by atoms with E-state index in [4.69, 9.17) is 4.74 Å². The highest BCUT2D eigenvalue weighted by Gasteiger charge is 2.31. The van der Waals surface area contributed by atoms with Gasteiger partial charge in [-0.2, -0.15) is 4.31 Å². The van der Waals surface area contributed by atoms with Gasteiger partial charge in [0.15, 0.2) is 0 Å². The third kappa shape index (κ3) is 3.40.